The summed E-state index contributed by atoms with van der Waals surface area (Å²) in [5, 5.41) is 7.74. The van der Waals surface area contributed by atoms with Gasteiger partial charge in [-0.05, 0) is 48.6 Å². The maximum Gasteiger partial charge on any atom is 0.416 e. The highest BCUT2D eigenvalue weighted by Gasteiger charge is 2.30. The molecule has 0 atom stereocenters. The maximum absolute atomic E-state index is 14.0. The lowest BCUT2D eigenvalue weighted by atomic mass is 10.0. The third-order valence-electron chi connectivity index (χ3n) is 5.29. The summed E-state index contributed by atoms with van der Waals surface area (Å²) < 4.78 is 59.1. The van der Waals surface area contributed by atoms with Crippen molar-refractivity contribution in [2.75, 3.05) is 0 Å². The summed E-state index contributed by atoms with van der Waals surface area (Å²) in [7, 11) is 0. The average Bonchev–Trinajstić information content (AvgIpc) is 3.48. The van der Waals surface area contributed by atoms with Crippen LogP contribution in [-0.4, -0.2) is 20.0 Å². The van der Waals surface area contributed by atoms with Crippen LogP contribution >= 0.6 is 0 Å². The highest BCUT2D eigenvalue weighted by Crippen LogP contribution is 2.30. The zero-order chi connectivity index (χ0) is 24.0. The van der Waals surface area contributed by atoms with Crippen molar-refractivity contribution in [1.82, 2.24) is 20.0 Å². The first-order valence-electron chi connectivity index (χ1n) is 10.8. The molecule has 34 heavy (non-hydrogen) atoms. The Morgan fingerprint density at radius 1 is 0.971 bits per heavy atom. The molecular weight excluding hydrogens is 448 g/mol. The van der Waals surface area contributed by atoms with Crippen molar-refractivity contribution >= 4 is 12.2 Å². The Kier molecular flexibility index (Phi) is 7.20. The summed E-state index contributed by atoms with van der Waals surface area (Å²) in [6, 6.07) is 10.7. The van der Waals surface area contributed by atoms with Gasteiger partial charge in [-0.3, -0.25) is 4.68 Å². The van der Waals surface area contributed by atoms with E-state index in [2.05, 4.69) is 39.6 Å². The van der Waals surface area contributed by atoms with Crippen molar-refractivity contribution in [2.45, 2.75) is 38.4 Å². The molecule has 0 aliphatic rings. The first kappa shape index (κ1) is 23.4. The van der Waals surface area contributed by atoms with Gasteiger partial charge in [0.2, 0.25) is 5.89 Å². The second-order valence-corrected chi connectivity index (χ2v) is 7.86. The summed E-state index contributed by atoms with van der Waals surface area (Å²) in [4.78, 5) is 4.35. The fourth-order valence-corrected chi connectivity index (χ4v) is 3.47. The Bertz CT molecular complexity index is 1230. The van der Waals surface area contributed by atoms with Gasteiger partial charge >= 0.3 is 6.18 Å². The zero-order valence-corrected chi connectivity index (χ0v) is 18.2. The predicted octanol–water partition coefficient (Wildman–Crippen LogP) is 6.21. The molecule has 176 valence electrons. The molecule has 0 aliphatic heterocycles. The summed E-state index contributed by atoms with van der Waals surface area (Å²) in [6.07, 6.45) is 6.85. The van der Waals surface area contributed by atoms with E-state index < -0.39 is 17.6 Å². The van der Waals surface area contributed by atoms with Crippen LogP contribution in [-0.2, 0) is 25.6 Å². The quantitative estimate of drug-likeness (QED) is 0.216. The Labute approximate surface area is 193 Å². The summed E-state index contributed by atoms with van der Waals surface area (Å²) >= 11 is 0. The van der Waals surface area contributed by atoms with Gasteiger partial charge < -0.3 is 4.42 Å². The van der Waals surface area contributed by atoms with Gasteiger partial charge in [0.15, 0.2) is 0 Å². The fourth-order valence-electron chi connectivity index (χ4n) is 3.47. The molecule has 0 fully saturated rings. The number of alkyl halides is 3. The normalized spacial score (nSPS) is 12.0. The molecule has 2 aromatic carbocycles. The zero-order valence-electron chi connectivity index (χ0n) is 18.2. The van der Waals surface area contributed by atoms with E-state index >= 15 is 0 Å². The van der Waals surface area contributed by atoms with Gasteiger partial charge in [-0.25, -0.2) is 9.37 Å². The van der Waals surface area contributed by atoms with Crippen molar-refractivity contribution < 1.29 is 22.0 Å². The Hall–Kier alpha value is -3.75. The van der Waals surface area contributed by atoms with Gasteiger partial charge in [-0.2, -0.15) is 13.2 Å². The molecule has 0 saturated carbocycles. The van der Waals surface area contributed by atoms with Gasteiger partial charge in [-0.1, -0.05) is 35.5 Å². The molecule has 4 aromatic rings. The molecule has 0 spiro atoms. The number of halogens is 4. The van der Waals surface area contributed by atoms with Crippen molar-refractivity contribution in [1.29, 1.82) is 0 Å². The van der Waals surface area contributed by atoms with Crippen LogP contribution in [0.4, 0.5) is 17.6 Å². The van der Waals surface area contributed by atoms with Crippen molar-refractivity contribution in [2.24, 2.45) is 0 Å². The van der Waals surface area contributed by atoms with Crippen LogP contribution in [0.25, 0.3) is 12.2 Å². The molecule has 0 saturated heterocycles. The highest BCUT2D eigenvalue weighted by atomic mass is 19.4. The molecule has 5 nitrogen and oxygen atoms in total. The summed E-state index contributed by atoms with van der Waals surface area (Å²) in [6.45, 7) is 0.854. The van der Waals surface area contributed by atoms with E-state index in [9.17, 15) is 17.6 Å². The van der Waals surface area contributed by atoms with Crippen LogP contribution in [0.3, 0.4) is 0 Å². The third kappa shape index (κ3) is 6.40. The van der Waals surface area contributed by atoms with Crippen LogP contribution in [0.5, 0.6) is 0 Å². The van der Waals surface area contributed by atoms with Crippen LogP contribution in [0.15, 0.2) is 65.5 Å². The van der Waals surface area contributed by atoms with Crippen LogP contribution in [0.1, 0.15) is 46.7 Å². The molecule has 0 unspecified atom stereocenters. The number of hydrogen-bond donors (Lipinski definition) is 0. The standard InChI is InChI=1S/C25H22F4N4O/c26-23-16-21(25(27,28)29)10-8-20(23)9-11-24-31-22(17-34-24)15-19-6-4-18(5-7-19)3-1-2-13-33-14-12-30-32-33/h4-12,14,16-17H,1-3,13,15H2/b11-9+. The Morgan fingerprint density at radius 2 is 1.76 bits per heavy atom. The molecule has 0 amide bonds. The number of oxazole rings is 1. The van der Waals surface area contributed by atoms with Gasteiger partial charge in [0.25, 0.3) is 0 Å². The number of unbranched alkanes of at least 4 members (excludes halogenated alkanes) is 1. The van der Waals surface area contributed by atoms with Gasteiger partial charge in [0.05, 0.1) is 17.5 Å². The second-order valence-electron chi connectivity index (χ2n) is 7.86. The third-order valence-corrected chi connectivity index (χ3v) is 5.29. The number of aromatic nitrogens is 4. The number of benzene rings is 2. The molecule has 0 bridgehead atoms. The second kappa shape index (κ2) is 10.5. The fraction of sp³-hybridized carbons (Fsp3) is 0.240. The molecule has 4 rings (SSSR count). The number of rotatable bonds is 9. The van der Waals surface area contributed by atoms with Crippen LogP contribution in [0.2, 0.25) is 0 Å². The SMILES string of the molecule is Fc1cc(C(F)(F)F)ccc1/C=C/c1nc(Cc2ccc(CCCCn3ccnn3)cc2)co1. The first-order valence-corrected chi connectivity index (χ1v) is 10.8. The minimum absolute atomic E-state index is 0.0182. The minimum Gasteiger partial charge on any atom is -0.445 e. The predicted molar refractivity (Wildman–Crippen MR) is 119 cm³/mol. The highest BCUT2D eigenvalue weighted by molar-refractivity contribution is 5.66. The van der Waals surface area contributed by atoms with Crippen LogP contribution in [0, 0.1) is 5.82 Å². The maximum atomic E-state index is 14.0. The number of nitrogens with zero attached hydrogens (tertiary/aromatic N) is 4. The van der Waals surface area contributed by atoms with Gasteiger partial charge in [0, 0.05) is 30.8 Å². The molecule has 2 aromatic heterocycles. The molecule has 0 N–H and O–H groups in total. The summed E-state index contributed by atoms with van der Waals surface area (Å²) in [5.74, 6) is -0.713. The molecule has 9 heteroatoms. The lowest BCUT2D eigenvalue weighted by Gasteiger charge is -2.07. The van der Waals surface area contributed by atoms with E-state index in [1.165, 1.54) is 24.0 Å². The lowest BCUT2D eigenvalue weighted by molar-refractivity contribution is -0.137. The molecule has 0 radical (unpaired) electrons. The van der Waals surface area contributed by atoms with E-state index in [0.717, 1.165) is 43.5 Å². The van der Waals surface area contributed by atoms with Gasteiger partial charge in [-0.15, -0.1) is 5.10 Å². The molecular formula is C25H22F4N4O. The summed E-state index contributed by atoms with van der Waals surface area (Å²) in [5.41, 5.74) is 2.02. The monoisotopic (exact) mass is 470 g/mol. The molecule has 0 aliphatic carbocycles. The minimum atomic E-state index is -4.59. The smallest absolute Gasteiger partial charge is 0.416 e. The van der Waals surface area contributed by atoms with Crippen molar-refractivity contribution in [3.63, 3.8) is 0 Å². The lowest BCUT2D eigenvalue weighted by Crippen LogP contribution is -2.05. The van der Waals surface area contributed by atoms with Crippen molar-refractivity contribution in [3.05, 3.63) is 101 Å². The first-order chi connectivity index (χ1) is 16.4. The topological polar surface area (TPSA) is 56.7 Å². The largest absolute Gasteiger partial charge is 0.445 e. The van der Waals surface area contributed by atoms with E-state index in [-0.39, 0.29) is 11.5 Å². The van der Waals surface area contributed by atoms with E-state index in [1.807, 2.05) is 10.9 Å². The Balaban J connectivity index is 1.28. The van der Waals surface area contributed by atoms with Gasteiger partial charge in [0.1, 0.15) is 12.1 Å². The van der Waals surface area contributed by atoms with E-state index in [0.29, 0.717) is 18.2 Å². The van der Waals surface area contributed by atoms with Crippen LogP contribution < -0.4 is 0 Å². The van der Waals surface area contributed by atoms with E-state index in [1.54, 1.807) is 6.20 Å². The average molecular weight is 470 g/mol. The molecule has 2 heterocycles. The Morgan fingerprint density at radius 3 is 2.47 bits per heavy atom. The number of aryl methyl sites for hydroxylation is 2. The number of hydrogen-bond acceptors (Lipinski definition) is 4. The van der Waals surface area contributed by atoms with E-state index in [4.69, 9.17) is 4.42 Å². The van der Waals surface area contributed by atoms with Crippen molar-refractivity contribution in [3.8, 4) is 0 Å².